The van der Waals surface area contributed by atoms with Crippen molar-refractivity contribution >= 4 is 43.5 Å². The average Bonchev–Trinajstić information content (AvgIpc) is 2.71. The number of halogens is 3. The summed E-state index contributed by atoms with van der Waals surface area (Å²) in [4.78, 5) is 0. The van der Waals surface area contributed by atoms with E-state index in [4.69, 9.17) is 11.6 Å². The summed E-state index contributed by atoms with van der Waals surface area (Å²) >= 11 is 13.9. The maximum atomic E-state index is 6.45. The largest absolute Gasteiger partial charge is 0.271 e. The van der Waals surface area contributed by atoms with Crippen LogP contribution in [-0.4, -0.2) is 20.4 Å². The van der Waals surface area contributed by atoms with Crippen LogP contribution >= 0.6 is 43.5 Å². The lowest BCUT2D eigenvalue weighted by atomic mass is 9.78. The van der Waals surface area contributed by atoms with Crippen molar-refractivity contribution in [2.24, 2.45) is 7.05 Å². The van der Waals surface area contributed by atoms with E-state index in [-0.39, 0.29) is 5.41 Å². The monoisotopic (exact) mass is 432 g/mol. The van der Waals surface area contributed by atoms with E-state index >= 15 is 0 Å². The zero-order valence-corrected chi connectivity index (χ0v) is 16.4. The molecule has 0 aliphatic heterocycles. The number of hydrogen-bond acceptors (Lipinski definition) is 1. The van der Waals surface area contributed by atoms with Gasteiger partial charge in [-0.25, -0.2) is 0 Å². The number of rotatable bonds is 5. The number of benzene rings is 1. The number of alkyl halides is 2. The lowest BCUT2D eigenvalue weighted by Gasteiger charge is -2.32. The van der Waals surface area contributed by atoms with E-state index in [9.17, 15) is 0 Å². The van der Waals surface area contributed by atoms with Gasteiger partial charge in [-0.1, -0.05) is 67.7 Å². The molecule has 0 aliphatic carbocycles. The van der Waals surface area contributed by atoms with Gasteiger partial charge in [0.15, 0.2) is 0 Å². The smallest absolute Gasteiger partial charge is 0.0847 e. The van der Waals surface area contributed by atoms with Crippen molar-refractivity contribution in [3.05, 3.63) is 51.8 Å². The van der Waals surface area contributed by atoms with Gasteiger partial charge in [-0.2, -0.15) is 5.10 Å². The minimum Gasteiger partial charge on any atom is -0.271 e. The molecule has 0 saturated carbocycles. The van der Waals surface area contributed by atoms with E-state index in [1.807, 2.05) is 18.7 Å². The SMILES string of the molecule is Cc1ccccc1C(CBr)(CBr)Cc1c(Cl)c(C)nn1C. The molecule has 0 amide bonds. The fourth-order valence-corrected chi connectivity index (χ4v) is 4.89. The van der Waals surface area contributed by atoms with Crippen LogP contribution in [0.4, 0.5) is 0 Å². The van der Waals surface area contributed by atoms with Crippen molar-refractivity contribution in [2.75, 3.05) is 10.7 Å². The molecule has 0 N–H and O–H groups in total. The van der Waals surface area contributed by atoms with Crippen molar-refractivity contribution in [2.45, 2.75) is 25.7 Å². The summed E-state index contributed by atoms with van der Waals surface area (Å²) in [5.41, 5.74) is 4.56. The van der Waals surface area contributed by atoms with Crippen molar-refractivity contribution in [3.8, 4) is 0 Å². The summed E-state index contributed by atoms with van der Waals surface area (Å²) in [6.07, 6.45) is 0.838. The van der Waals surface area contributed by atoms with Crippen molar-refractivity contribution < 1.29 is 0 Å². The third kappa shape index (κ3) is 3.22. The standard InChI is InChI=1S/C16H19Br2ClN2/c1-11-6-4-5-7-13(11)16(9-17,10-18)8-14-15(19)12(2)20-21(14)3/h4-7H,8-10H2,1-3H3. The van der Waals surface area contributed by atoms with Crippen LogP contribution in [0.3, 0.4) is 0 Å². The molecule has 0 radical (unpaired) electrons. The molecule has 0 fully saturated rings. The Hall–Kier alpha value is -0.320. The average molecular weight is 435 g/mol. The molecule has 21 heavy (non-hydrogen) atoms. The highest BCUT2D eigenvalue weighted by molar-refractivity contribution is 9.09. The molecule has 0 spiro atoms. The molecule has 0 aliphatic rings. The van der Waals surface area contributed by atoms with Gasteiger partial charge in [0.05, 0.1) is 16.4 Å². The first kappa shape index (κ1) is 17.0. The Morgan fingerprint density at radius 3 is 2.29 bits per heavy atom. The maximum absolute atomic E-state index is 6.45. The molecule has 2 nitrogen and oxygen atoms in total. The summed E-state index contributed by atoms with van der Waals surface area (Å²) < 4.78 is 1.90. The molecular weight excluding hydrogens is 415 g/mol. The molecule has 2 aromatic rings. The molecule has 0 unspecified atom stereocenters. The predicted molar refractivity (Wildman–Crippen MR) is 97.1 cm³/mol. The first-order valence-corrected chi connectivity index (χ1v) is 9.43. The highest BCUT2D eigenvalue weighted by Crippen LogP contribution is 2.36. The van der Waals surface area contributed by atoms with Crippen LogP contribution in [0, 0.1) is 13.8 Å². The van der Waals surface area contributed by atoms with Gasteiger partial charge in [0.1, 0.15) is 0 Å². The van der Waals surface area contributed by atoms with E-state index < -0.39 is 0 Å². The first-order valence-electron chi connectivity index (χ1n) is 6.81. The first-order chi connectivity index (χ1) is 9.95. The van der Waals surface area contributed by atoms with Gasteiger partial charge in [-0.05, 0) is 25.0 Å². The van der Waals surface area contributed by atoms with Gasteiger partial charge in [-0.3, -0.25) is 4.68 Å². The molecule has 114 valence electrons. The van der Waals surface area contributed by atoms with Crippen LogP contribution in [0.1, 0.15) is 22.5 Å². The van der Waals surface area contributed by atoms with Crippen molar-refractivity contribution in [1.29, 1.82) is 0 Å². The normalized spacial score (nSPS) is 11.9. The highest BCUT2D eigenvalue weighted by atomic mass is 79.9. The van der Waals surface area contributed by atoms with Gasteiger partial charge < -0.3 is 0 Å². The second-order valence-electron chi connectivity index (χ2n) is 5.51. The fraction of sp³-hybridized carbons (Fsp3) is 0.438. The number of nitrogens with zero attached hydrogens (tertiary/aromatic N) is 2. The molecule has 2 rings (SSSR count). The summed E-state index contributed by atoms with van der Waals surface area (Å²) in [6.45, 7) is 4.11. The second-order valence-corrected chi connectivity index (χ2v) is 7.01. The minimum absolute atomic E-state index is 0.0464. The Balaban J connectivity index is 2.51. The van der Waals surface area contributed by atoms with E-state index in [1.165, 1.54) is 11.1 Å². The minimum atomic E-state index is -0.0464. The topological polar surface area (TPSA) is 17.8 Å². The molecule has 0 bridgehead atoms. The lowest BCUT2D eigenvalue weighted by Crippen LogP contribution is -2.34. The van der Waals surface area contributed by atoms with Gasteiger partial charge >= 0.3 is 0 Å². The van der Waals surface area contributed by atoms with Crippen LogP contribution in [0.25, 0.3) is 0 Å². The predicted octanol–water partition coefficient (Wildman–Crippen LogP) is 4.96. The molecule has 1 aromatic heterocycles. The Bertz CT molecular complexity index is 633. The molecule has 0 saturated heterocycles. The van der Waals surface area contributed by atoms with E-state index in [1.54, 1.807) is 0 Å². The van der Waals surface area contributed by atoms with Crippen LogP contribution in [-0.2, 0) is 18.9 Å². The Morgan fingerprint density at radius 1 is 1.19 bits per heavy atom. The maximum Gasteiger partial charge on any atom is 0.0847 e. The van der Waals surface area contributed by atoms with E-state index in [2.05, 4.69) is 68.1 Å². The zero-order chi connectivity index (χ0) is 15.6. The van der Waals surface area contributed by atoms with Crippen LogP contribution in [0.15, 0.2) is 24.3 Å². The summed E-state index contributed by atoms with van der Waals surface area (Å²) in [6, 6.07) is 8.53. The highest BCUT2D eigenvalue weighted by Gasteiger charge is 2.34. The number of aromatic nitrogens is 2. The third-order valence-electron chi connectivity index (χ3n) is 4.00. The second kappa shape index (κ2) is 6.84. The lowest BCUT2D eigenvalue weighted by molar-refractivity contribution is 0.520. The Kier molecular flexibility index (Phi) is 5.55. The van der Waals surface area contributed by atoms with E-state index in [0.717, 1.165) is 33.5 Å². The summed E-state index contributed by atoms with van der Waals surface area (Å²) in [7, 11) is 1.96. The zero-order valence-electron chi connectivity index (χ0n) is 12.5. The van der Waals surface area contributed by atoms with Crippen LogP contribution in [0.5, 0.6) is 0 Å². The molecule has 1 heterocycles. The van der Waals surface area contributed by atoms with Gasteiger partial charge in [0.25, 0.3) is 0 Å². The third-order valence-corrected chi connectivity index (χ3v) is 6.63. The molecule has 1 aromatic carbocycles. The van der Waals surface area contributed by atoms with E-state index in [0.29, 0.717) is 0 Å². The van der Waals surface area contributed by atoms with Gasteiger partial charge in [-0.15, -0.1) is 0 Å². The van der Waals surface area contributed by atoms with Gasteiger partial charge in [0, 0.05) is 29.5 Å². The van der Waals surface area contributed by atoms with Crippen LogP contribution < -0.4 is 0 Å². The number of aryl methyl sites for hydroxylation is 3. The van der Waals surface area contributed by atoms with Gasteiger partial charge in [0.2, 0.25) is 0 Å². The molecule has 5 heteroatoms. The van der Waals surface area contributed by atoms with Crippen molar-refractivity contribution in [3.63, 3.8) is 0 Å². The Labute approximate surface area is 148 Å². The fourth-order valence-electron chi connectivity index (χ4n) is 2.73. The molecule has 0 atom stereocenters. The van der Waals surface area contributed by atoms with Crippen LogP contribution in [0.2, 0.25) is 5.02 Å². The van der Waals surface area contributed by atoms with Crippen molar-refractivity contribution in [1.82, 2.24) is 9.78 Å². The summed E-state index contributed by atoms with van der Waals surface area (Å²) in [5, 5.41) is 6.92. The molecular formula is C16H19Br2ClN2. The number of hydrogen-bond donors (Lipinski definition) is 0. The Morgan fingerprint density at radius 2 is 1.81 bits per heavy atom. The quantitative estimate of drug-likeness (QED) is 0.608. The summed E-state index contributed by atoms with van der Waals surface area (Å²) in [5.74, 6) is 0.